The zero-order valence-corrected chi connectivity index (χ0v) is 21.7. The molecule has 1 fully saturated rings. The maximum Gasteiger partial charge on any atom is 0.287 e. The summed E-state index contributed by atoms with van der Waals surface area (Å²) < 4.78 is 37.6. The number of carbonyl (C=O) groups is 1. The molecule has 3 aromatic rings. The third kappa shape index (κ3) is 6.95. The number of thioether (sulfide) groups is 1. The molecule has 0 aromatic carbocycles. The Bertz CT molecular complexity index is 1190. The van der Waals surface area contributed by atoms with Crippen molar-refractivity contribution >= 4 is 40.3 Å². The Kier molecular flexibility index (Phi) is 9.69. The van der Waals surface area contributed by atoms with Gasteiger partial charge in [0, 0.05) is 38.0 Å². The van der Waals surface area contributed by atoms with Gasteiger partial charge in [-0.3, -0.25) is 9.78 Å². The van der Waals surface area contributed by atoms with Gasteiger partial charge in [0.15, 0.2) is 5.82 Å². The van der Waals surface area contributed by atoms with Crippen LogP contribution in [0, 0.1) is 0 Å². The number of halogens is 3. The van der Waals surface area contributed by atoms with Gasteiger partial charge in [-0.25, -0.2) is 18.7 Å². The first kappa shape index (κ1) is 27.9. The summed E-state index contributed by atoms with van der Waals surface area (Å²) in [6.07, 6.45) is 2.09. The Morgan fingerprint density at radius 3 is 2.67 bits per heavy atom. The van der Waals surface area contributed by atoms with Crippen LogP contribution in [0.15, 0.2) is 24.5 Å². The van der Waals surface area contributed by atoms with Crippen molar-refractivity contribution in [3.63, 3.8) is 0 Å². The topological polar surface area (TPSA) is 111 Å². The fourth-order valence-electron chi connectivity index (χ4n) is 3.61. The van der Waals surface area contributed by atoms with Gasteiger partial charge in [-0.15, -0.1) is 0 Å². The number of imidazole rings is 1. The number of nitrogens with zero attached hydrogens (tertiary/aromatic N) is 4. The molecule has 9 nitrogen and oxygen atoms in total. The second-order valence-electron chi connectivity index (χ2n) is 8.22. The van der Waals surface area contributed by atoms with Crippen molar-refractivity contribution in [3.05, 3.63) is 41.1 Å². The second-order valence-corrected chi connectivity index (χ2v) is 9.88. The molecule has 36 heavy (non-hydrogen) atoms. The van der Waals surface area contributed by atoms with Crippen molar-refractivity contribution in [1.29, 1.82) is 0 Å². The number of pyridine rings is 2. The summed E-state index contributed by atoms with van der Waals surface area (Å²) in [6.45, 7) is 1.21. The van der Waals surface area contributed by atoms with Crippen LogP contribution >= 0.6 is 23.4 Å². The third-order valence-corrected chi connectivity index (χ3v) is 6.77. The number of aromatic nitrogens is 4. The van der Waals surface area contributed by atoms with Crippen LogP contribution < -0.4 is 14.8 Å². The van der Waals surface area contributed by atoms with E-state index in [1.807, 2.05) is 11.8 Å². The van der Waals surface area contributed by atoms with E-state index in [0.29, 0.717) is 16.7 Å². The van der Waals surface area contributed by atoms with E-state index in [1.54, 1.807) is 17.7 Å². The number of carbonyl (C=O) groups excluding carboxylic acids is 1. The lowest BCUT2D eigenvalue weighted by Gasteiger charge is -2.34. The fourth-order valence-corrected chi connectivity index (χ4v) is 5.16. The van der Waals surface area contributed by atoms with Gasteiger partial charge in [0.2, 0.25) is 5.88 Å². The normalized spacial score (nSPS) is 14.8. The number of aryl methyl sites for hydroxylation is 1. The smallest absolute Gasteiger partial charge is 0.287 e. The van der Waals surface area contributed by atoms with E-state index in [-0.39, 0.29) is 40.5 Å². The van der Waals surface area contributed by atoms with Crippen LogP contribution in [0.25, 0.3) is 11.0 Å². The lowest BCUT2D eigenvalue weighted by Crippen LogP contribution is -2.48. The molecule has 0 atom stereocenters. The van der Waals surface area contributed by atoms with Crippen LogP contribution in [0.2, 0.25) is 5.02 Å². The number of hydrogen-bond donors (Lipinski definition) is 2. The first-order valence-corrected chi connectivity index (χ1v) is 12.6. The van der Waals surface area contributed by atoms with Crippen LogP contribution in [0.1, 0.15) is 36.1 Å². The predicted octanol–water partition coefficient (Wildman–Crippen LogP) is 3.86. The Morgan fingerprint density at radius 1 is 1.25 bits per heavy atom. The van der Waals surface area contributed by atoms with Crippen LogP contribution in [-0.4, -0.2) is 67.7 Å². The Hall–Kier alpha value is -2.70. The first-order valence-electron chi connectivity index (χ1n) is 11.1. The number of rotatable bonds is 8. The molecule has 4 heterocycles. The standard InChI is InChI=1S/C22H24ClF2N5O3S.CH4O/c1-22(3-5-34-6-4-22)29-21(31)20-28-14-10-27-19(8-16(14)30(20)2)33-11-15-17(32-12-18(24)25)7-13(23)9-26-15;1-2/h7-10,18H,3-6,11-12H2,1-2H3,(H,29,31);2H,1H3. The predicted molar refractivity (Wildman–Crippen MR) is 134 cm³/mol. The molecule has 1 aliphatic heterocycles. The minimum atomic E-state index is -2.63. The van der Waals surface area contributed by atoms with Gasteiger partial charge < -0.3 is 24.5 Å². The number of aliphatic hydroxyl groups is 1. The van der Waals surface area contributed by atoms with Gasteiger partial charge in [-0.1, -0.05) is 11.6 Å². The van der Waals surface area contributed by atoms with E-state index in [1.165, 1.54) is 18.5 Å². The highest BCUT2D eigenvalue weighted by atomic mass is 35.5. The molecule has 4 rings (SSSR count). The highest BCUT2D eigenvalue weighted by molar-refractivity contribution is 7.99. The monoisotopic (exact) mass is 543 g/mol. The van der Waals surface area contributed by atoms with Crippen molar-refractivity contribution in [1.82, 2.24) is 24.8 Å². The lowest BCUT2D eigenvalue weighted by molar-refractivity contribution is 0.0804. The van der Waals surface area contributed by atoms with Crippen molar-refractivity contribution in [3.8, 4) is 11.6 Å². The number of amides is 1. The minimum absolute atomic E-state index is 0.0736. The number of aliphatic hydroxyl groups excluding tert-OH is 1. The maximum absolute atomic E-state index is 12.9. The van der Waals surface area contributed by atoms with Crippen molar-refractivity contribution < 1.29 is 28.2 Å². The lowest BCUT2D eigenvalue weighted by atomic mass is 9.95. The second kappa shape index (κ2) is 12.5. The van der Waals surface area contributed by atoms with E-state index in [4.69, 9.17) is 26.2 Å². The molecule has 13 heteroatoms. The van der Waals surface area contributed by atoms with Crippen LogP contribution in [-0.2, 0) is 13.7 Å². The Labute approximate surface area is 216 Å². The molecule has 0 unspecified atom stereocenters. The summed E-state index contributed by atoms with van der Waals surface area (Å²) in [6, 6.07) is 3.07. The zero-order valence-electron chi connectivity index (χ0n) is 20.1. The average molecular weight is 544 g/mol. The average Bonchev–Trinajstić information content (AvgIpc) is 3.19. The summed E-state index contributed by atoms with van der Waals surface area (Å²) in [5.41, 5.74) is 1.27. The summed E-state index contributed by atoms with van der Waals surface area (Å²) in [5.74, 6) is 2.46. The third-order valence-electron chi connectivity index (χ3n) is 5.58. The van der Waals surface area contributed by atoms with Gasteiger partial charge >= 0.3 is 0 Å². The summed E-state index contributed by atoms with van der Waals surface area (Å²) in [5, 5.41) is 10.4. The molecular weight excluding hydrogens is 516 g/mol. The van der Waals surface area contributed by atoms with E-state index < -0.39 is 13.0 Å². The Balaban J connectivity index is 0.00000176. The van der Waals surface area contributed by atoms with Crippen LogP contribution in [0.4, 0.5) is 8.78 Å². The van der Waals surface area contributed by atoms with Gasteiger partial charge in [0.1, 0.15) is 30.2 Å². The molecule has 2 N–H and O–H groups in total. The fraction of sp³-hybridized carbons (Fsp3) is 0.478. The zero-order chi connectivity index (χ0) is 26.3. The maximum atomic E-state index is 12.9. The van der Waals surface area contributed by atoms with E-state index in [2.05, 4.69) is 27.2 Å². The highest BCUT2D eigenvalue weighted by Crippen LogP contribution is 2.28. The van der Waals surface area contributed by atoms with Gasteiger partial charge in [-0.2, -0.15) is 11.8 Å². The molecule has 0 bridgehead atoms. The number of nitrogens with one attached hydrogen (secondary N) is 1. The van der Waals surface area contributed by atoms with Gasteiger partial charge in [0.05, 0.1) is 16.7 Å². The highest BCUT2D eigenvalue weighted by Gasteiger charge is 2.30. The van der Waals surface area contributed by atoms with E-state index in [9.17, 15) is 13.6 Å². The molecular formula is C23H28ClF2N5O4S. The molecule has 0 spiro atoms. The van der Waals surface area contributed by atoms with Crippen molar-refractivity contribution in [2.75, 3.05) is 25.2 Å². The molecule has 0 saturated carbocycles. The van der Waals surface area contributed by atoms with Crippen LogP contribution in [0.5, 0.6) is 11.6 Å². The van der Waals surface area contributed by atoms with Crippen LogP contribution in [0.3, 0.4) is 0 Å². The van der Waals surface area contributed by atoms with Gasteiger partial charge in [-0.05, 0) is 31.3 Å². The molecule has 0 radical (unpaired) electrons. The van der Waals surface area contributed by atoms with Crippen molar-refractivity contribution in [2.24, 2.45) is 7.05 Å². The molecule has 3 aromatic heterocycles. The van der Waals surface area contributed by atoms with Gasteiger partial charge in [0.25, 0.3) is 12.3 Å². The minimum Gasteiger partial charge on any atom is -0.486 e. The molecule has 0 aliphatic carbocycles. The number of ether oxygens (including phenoxy) is 2. The molecule has 1 amide bonds. The van der Waals surface area contributed by atoms with E-state index in [0.717, 1.165) is 31.5 Å². The molecule has 1 aliphatic rings. The summed E-state index contributed by atoms with van der Waals surface area (Å²) in [4.78, 5) is 25.7. The number of hydrogen-bond acceptors (Lipinski definition) is 8. The summed E-state index contributed by atoms with van der Waals surface area (Å²) in [7, 11) is 2.75. The quantitative estimate of drug-likeness (QED) is 0.440. The van der Waals surface area contributed by atoms with E-state index >= 15 is 0 Å². The Morgan fingerprint density at radius 2 is 1.97 bits per heavy atom. The summed E-state index contributed by atoms with van der Waals surface area (Å²) >= 11 is 7.79. The largest absolute Gasteiger partial charge is 0.486 e. The first-order chi connectivity index (χ1) is 17.2. The number of alkyl halides is 2. The SMILES string of the molecule is CO.Cn1c(C(=O)NC2(C)CCSCC2)nc2cnc(OCc3ncc(Cl)cc3OCC(F)F)cc21. The van der Waals surface area contributed by atoms with Crippen molar-refractivity contribution in [2.45, 2.75) is 38.3 Å². The molecule has 196 valence electrons. The number of fused-ring (bicyclic) bond motifs is 1. The molecule has 1 saturated heterocycles.